The molecule has 2 rings (SSSR count). The van der Waals surface area contributed by atoms with Crippen LogP contribution < -0.4 is 16.0 Å². The lowest BCUT2D eigenvalue weighted by Crippen LogP contribution is -2.36. The van der Waals surface area contributed by atoms with Crippen LogP contribution in [-0.4, -0.2) is 44.0 Å². The second-order valence-electron chi connectivity index (χ2n) is 6.66. The van der Waals surface area contributed by atoms with Crippen LogP contribution in [0.5, 0.6) is 0 Å². The minimum Gasteiger partial charge on any atom is -0.357 e. The third-order valence-corrected chi connectivity index (χ3v) is 3.81. The average molecular weight is 385 g/mol. The molecule has 2 aromatic carbocycles. The number of carbonyl (C=O) groups is 1. The van der Waals surface area contributed by atoms with Crippen LogP contribution in [0.1, 0.15) is 18.1 Å². The molecule has 0 saturated carbocycles. The maximum atomic E-state index is 13.0. The van der Waals surface area contributed by atoms with E-state index in [9.17, 15) is 9.18 Å². The minimum atomic E-state index is -0.248. The van der Waals surface area contributed by atoms with Gasteiger partial charge in [-0.2, -0.15) is 0 Å². The highest BCUT2D eigenvalue weighted by Gasteiger charge is 2.04. The van der Waals surface area contributed by atoms with Gasteiger partial charge in [-0.3, -0.25) is 4.79 Å². The Morgan fingerprint density at radius 2 is 1.82 bits per heavy atom. The Kier molecular flexibility index (Phi) is 8.42. The predicted octanol–water partition coefficient (Wildman–Crippen LogP) is 2.58. The van der Waals surface area contributed by atoms with Crippen LogP contribution in [0.4, 0.5) is 10.1 Å². The lowest BCUT2D eigenvalue weighted by Gasteiger charge is -2.12. The first-order valence-corrected chi connectivity index (χ1v) is 9.26. The predicted molar refractivity (Wildman–Crippen MR) is 112 cm³/mol. The van der Waals surface area contributed by atoms with Crippen molar-refractivity contribution >= 4 is 17.6 Å². The van der Waals surface area contributed by atoms with E-state index in [0.717, 1.165) is 23.4 Å². The number of aliphatic imine (C=N–C) groups is 1. The summed E-state index contributed by atoms with van der Waals surface area (Å²) in [4.78, 5) is 18.3. The molecule has 0 fully saturated rings. The van der Waals surface area contributed by atoms with Crippen molar-refractivity contribution in [3.63, 3.8) is 0 Å². The summed E-state index contributed by atoms with van der Waals surface area (Å²) in [6, 6.07) is 14.0. The Labute approximate surface area is 165 Å². The SMILES string of the molecule is CCNC(=NCc1cccc(NC(=O)CN(C)C)c1)NCc1ccc(F)cc1. The van der Waals surface area contributed by atoms with Gasteiger partial charge in [0.05, 0.1) is 13.1 Å². The molecule has 0 atom stereocenters. The Balaban J connectivity index is 1.96. The van der Waals surface area contributed by atoms with Crippen molar-refractivity contribution in [3.05, 3.63) is 65.5 Å². The maximum Gasteiger partial charge on any atom is 0.238 e. The van der Waals surface area contributed by atoms with Crippen molar-refractivity contribution in [3.8, 4) is 0 Å². The monoisotopic (exact) mass is 385 g/mol. The lowest BCUT2D eigenvalue weighted by molar-refractivity contribution is -0.116. The van der Waals surface area contributed by atoms with Crippen LogP contribution >= 0.6 is 0 Å². The third kappa shape index (κ3) is 7.75. The topological polar surface area (TPSA) is 68.8 Å². The summed E-state index contributed by atoms with van der Waals surface area (Å²) in [6.07, 6.45) is 0. The smallest absolute Gasteiger partial charge is 0.238 e. The molecule has 6 nitrogen and oxygen atoms in total. The number of guanidine groups is 1. The van der Waals surface area contributed by atoms with Crippen molar-refractivity contribution < 1.29 is 9.18 Å². The van der Waals surface area contributed by atoms with Gasteiger partial charge >= 0.3 is 0 Å². The first-order valence-electron chi connectivity index (χ1n) is 9.26. The molecular weight excluding hydrogens is 357 g/mol. The molecule has 0 radical (unpaired) electrons. The van der Waals surface area contributed by atoms with Gasteiger partial charge in [-0.25, -0.2) is 9.38 Å². The number of hydrogen-bond acceptors (Lipinski definition) is 3. The third-order valence-electron chi connectivity index (χ3n) is 3.81. The lowest BCUT2D eigenvalue weighted by atomic mass is 10.2. The van der Waals surface area contributed by atoms with Gasteiger partial charge in [-0.15, -0.1) is 0 Å². The fourth-order valence-corrected chi connectivity index (χ4v) is 2.54. The van der Waals surface area contributed by atoms with Gasteiger partial charge in [0, 0.05) is 18.8 Å². The summed E-state index contributed by atoms with van der Waals surface area (Å²) in [5, 5.41) is 9.32. The number of anilines is 1. The zero-order valence-electron chi connectivity index (χ0n) is 16.6. The van der Waals surface area contributed by atoms with Gasteiger partial charge in [-0.1, -0.05) is 24.3 Å². The number of likely N-dealkylation sites (N-methyl/N-ethyl adjacent to an activating group) is 1. The van der Waals surface area contributed by atoms with E-state index in [2.05, 4.69) is 20.9 Å². The molecule has 0 spiro atoms. The van der Waals surface area contributed by atoms with E-state index in [-0.39, 0.29) is 11.7 Å². The minimum absolute atomic E-state index is 0.0556. The molecule has 150 valence electrons. The van der Waals surface area contributed by atoms with E-state index in [1.54, 1.807) is 12.1 Å². The molecule has 0 saturated heterocycles. The van der Waals surface area contributed by atoms with E-state index in [1.807, 2.05) is 50.2 Å². The van der Waals surface area contributed by atoms with Gasteiger partial charge in [0.1, 0.15) is 5.82 Å². The van der Waals surface area contributed by atoms with Crippen LogP contribution in [0.2, 0.25) is 0 Å². The first-order chi connectivity index (χ1) is 13.5. The number of nitrogens with zero attached hydrogens (tertiary/aromatic N) is 2. The standard InChI is InChI=1S/C21H28FN5O/c1-4-23-21(24-13-16-8-10-18(22)11-9-16)25-14-17-6-5-7-19(12-17)26-20(28)15-27(2)3/h5-12H,4,13-15H2,1-3H3,(H,26,28)(H2,23,24,25). The Morgan fingerprint density at radius 1 is 1.07 bits per heavy atom. The molecule has 0 aliphatic rings. The second kappa shape index (κ2) is 11.0. The molecule has 0 heterocycles. The van der Waals surface area contributed by atoms with Crippen LogP contribution in [0.15, 0.2) is 53.5 Å². The average Bonchev–Trinajstić information content (AvgIpc) is 2.65. The van der Waals surface area contributed by atoms with Crippen molar-refractivity contribution in [1.82, 2.24) is 15.5 Å². The van der Waals surface area contributed by atoms with Crippen molar-refractivity contribution in [2.24, 2.45) is 4.99 Å². The Morgan fingerprint density at radius 3 is 2.50 bits per heavy atom. The van der Waals surface area contributed by atoms with E-state index >= 15 is 0 Å². The van der Waals surface area contributed by atoms with Gasteiger partial charge in [0.15, 0.2) is 5.96 Å². The van der Waals surface area contributed by atoms with Crippen LogP contribution in [0.3, 0.4) is 0 Å². The fraction of sp³-hybridized carbons (Fsp3) is 0.333. The molecule has 3 N–H and O–H groups in total. The number of benzene rings is 2. The van der Waals surface area contributed by atoms with E-state index in [0.29, 0.717) is 25.6 Å². The molecule has 1 amide bonds. The zero-order chi connectivity index (χ0) is 20.4. The summed E-state index contributed by atoms with van der Waals surface area (Å²) < 4.78 is 13.0. The van der Waals surface area contributed by atoms with Crippen LogP contribution in [0.25, 0.3) is 0 Å². The summed E-state index contributed by atoms with van der Waals surface area (Å²) in [5.74, 6) is 0.371. The molecule has 0 aliphatic carbocycles. The molecule has 0 unspecified atom stereocenters. The van der Waals surface area contributed by atoms with Gasteiger partial charge in [0.2, 0.25) is 5.91 Å². The number of rotatable bonds is 8. The largest absolute Gasteiger partial charge is 0.357 e. The summed E-state index contributed by atoms with van der Waals surface area (Å²) >= 11 is 0. The Bertz CT molecular complexity index is 790. The highest BCUT2D eigenvalue weighted by Crippen LogP contribution is 2.11. The highest BCUT2D eigenvalue weighted by molar-refractivity contribution is 5.92. The van der Waals surface area contributed by atoms with Crippen molar-refractivity contribution in [2.75, 3.05) is 32.5 Å². The molecule has 7 heteroatoms. The zero-order valence-corrected chi connectivity index (χ0v) is 16.6. The molecule has 0 bridgehead atoms. The van der Waals surface area contributed by atoms with Crippen LogP contribution in [-0.2, 0) is 17.9 Å². The fourth-order valence-electron chi connectivity index (χ4n) is 2.54. The second-order valence-corrected chi connectivity index (χ2v) is 6.66. The van der Waals surface area contributed by atoms with Crippen molar-refractivity contribution in [2.45, 2.75) is 20.0 Å². The maximum absolute atomic E-state index is 13.0. The number of nitrogens with one attached hydrogen (secondary N) is 3. The van der Waals surface area contributed by atoms with E-state index in [4.69, 9.17) is 0 Å². The number of hydrogen-bond donors (Lipinski definition) is 3. The Hall–Kier alpha value is -2.93. The number of amides is 1. The quantitative estimate of drug-likeness (QED) is 0.483. The van der Waals surface area contributed by atoms with E-state index in [1.165, 1.54) is 12.1 Å². The van der Waals surface area contributed by atoms with Gasteiger partial charge in [0.25, 0.3) is 0 Å². The van der Waals surface area contributed by atoms with E-state index < -0.39 is 0 Å². The summed E-state index contributed by atoms with van der Waals surface area (Å²) in [5.41, 5.74) is 2.71. The molecule has 0 aliphatic heterocycles. The first kappa shape index (κ1) is 21.4. The van der Waals surface area contributed by atoms with Crippen LogP contribution in [0, 0.1) is 5.82 Å². The summed E-state index contributed by atoms with van der Waals surface area (Å²) in [6.45, 7) is 4.08. The van der Waals surface area contributed by atoms with Gasteiger partial charge < -0.3 is 20.9 Å². The molecule has 2 aromatic rings. The highest BCUT2D eigenvalue weighted by atomic mass is 19.1. The number of halogens is 1. The summed E-state index contributed by atoms with van der Waals surface area (Å²) in [7, 11) is 3.71. The molecule has 28 heavy (non-hydrogen) atoms. The molecule has 0 aromatic heterocycles. The normalized spacial score (nSPS) is 11.4. The number of carbonyl (C=O) groups excluding carboxylic acids is 1. The van der Waals surface area contributed by atoms with Crippen molar-refractivity contribution in [1.29, 1.82) is 0 Å². The van der Waals surface area contributed by atoms with Gasteiger partial charge in [-0.05, 0) is 56.4 Å². The molecular formula is C21H28FN5O.